The highest BCUT2D eigenvalue weighted by Crippen LogP contribution is 2.21. The molecule has 0 atom stereocenters. The molecule has 0 heterocycles. The maximum absolute atomic E-state index is 12.2. The monoisotopic (exact) mass is 406 g/mol. The van der Waals surface area contributed by atoms with E-state index < -0.39 is 5.97 Å². The van der Waals surface area contributed by atoms with Crippen molar-refractivity contribution in [1.82, 2.24) is 5.32 Å². The number of thiocarbonyl (C=S) groups is 1. The number of carboxylic acid groups (broad SMARTS) is 1. The van der Waals surface area contributed by atoms with Gasteiger partial charge in [0, 0.05) is 10.0 Å². The molecule has 7 heteroatoms. The van der Waals surface area contributed by atoms with Crippen molar-refractivity contribution in [3.05, 3.63) is 63.6 Å². The number of nitrogens with one attached hydrogen (secondary N) is 2. The molecule has 0 aromatic heterocycles. The maximum atomic E-state index is 12.2. The molecule has 0 aliphatic carbocycles. The van der Waals surface area contributed by atoms with Crippen molar-refractivity contribution in [2.24, 2.45) is 0 Å². The molecular weight excluding hydrogens is 392 g/mol. The van der Waals surface area contributed by atoms with Gasteiger partial charge in [-0.2, -0.15) is 0 Å². The van der Waals surface area contributed by atoms with Crippen LogP contribution in [-0.4, -0.2) is 22.1 Å². The highest BCUT2D eigenvalue weighted by molar-refractivity contribution is 9.10. The predicted molar refractivity (Wildman–Crippen MR) is 101 cm³/mol. The van der Waals surface area contributed by atoms with Crippen LogP contribution in [0, 0.1) is 0 Å². The fourth-order valence-corrected chi connectivity index (χ4v) is 2.59. The van der Waals surface area contributed by atoms with Gasteiger partial charge in [0.25, 0.3) is 5.91 Å². The van der Waals surface area contributed by atoms with E-state index in [1.165, 1.54) is 6.07 Å². The summed E-state index contributed by atoms with van der Waals surface area (Å²) in [6.45, 7) is 2.03. The SMILES string of the molecule is CCc1ccc(C(=O)NC(=S)Nc2ccc(Br)cc2C(=O)O)cc1. The fourth-order valence-electron chi connectivity index (χ4n) is 2.02. The van der Waals surface area contributed by atoms with Crippen molar-refractivity contribution in [3.63, 3.8) is 0 Å². The molecule has 0 saturated carbocycles. The van der Waals surface area contributed by atoms with E-state index in [4.69, 9.17) is 12.2 Å². The van der Waals surface area contributed by atoms with Crippen molar-refractivity contribution >= 4 is 50.8 Å². The number of hydrogen-bond donors (Lipinski definition) is 3. The molecule has 5 nitrogen and oxygen atoms in total. The predicted octanol–water partition coefficient (Wildman–Crippen LogP) is 3.84. The van der Waals surface area contributed by atoms with Gasteiger partial charge in [-0.1, -0.05) is 35.0 Å². The van der Waals surface area contributed by atoms with Gasteiger partial charge in [0.05, 0.1) is 11.3 Å². The molecule has 3 N–H and O–H groups in total. The minimum Gasteiger partial charge on any atom is -0.478 e. The largest absolute Gasteiger partial charge is 0.478 e. The van der Waals surface area contributed by atoms with Gasteiger partial charge in [-0.3, -0.25) is 10.1 Å². The second-order valence-electron chi connectivity index (χ2n) is 4.95. The van der Waals surface area contributed by atoms with E-state index in [1.807, 2.05) is 19.1 Å². The summed E-state index contributed by atoms with van der Waals surface area (Å²) in [6.07, 6.45) is 0.892. The number of halogens is 1. The summed E-state index contributed by atoms with van der Waals surface area (Å²) in [6, 6.07) is 11.9. The second kappa shape index (κ2) is 8.03. The van der Waals surface area contributed by atoms with E-state index in [0.29, 0.717) is 15.7 Å². The molecule has 24 heavy (non-hydrogen) atoms. The molecule has 2 aromatic carbocycles. The number of carboxylic acids is 1. The average Bonchev–Trinajstić information content (AvgIpc) is 2.56. The average molecular weight is 407 g/mol. The maximum Gasteiger partial charge on any atom is 0.337 e. The van der Waals surface area contributed by atoms with Crippen LogP contribution in [0.1, 0.15) is 33.2 Å². The van der Waals surface area contributed by atoms with E-state index in [9.17, 15) is 14.7 Å². The molecule has 0 bridgehead atoms. The highest BCUT2D eigenvalue weighted by atomic mass is 79.9. The summed E-state index contributed by atoms with van der Waals surface area (Å²) in [5.41, 5.74) is 1.96. The molecular formula is C17H15BrN2O3S. The standard InChI is InChI=1S/C17H15BrN2O3S/c1-2-10-3-5-11(6-4-10)15(21)20-17(24)19-14-8-7-12(18)9-13(14)16(22)23/h3-9H,2H2,1H3,(H,22,23)(H2,19,20,21,24). The molecule has 0 spiro atoms. The van der Waals surface area contributed by atoms with Gasteiger partial charge in [0.15, 0.2) is 5.11 Å². The lowest BCUT2D eigenvalue weighted by molar-refractivity contribution is 0.0697. The molecule has 2 rings (SSSR count). The number of carbonyl (C=O) groups excluding carboxylic acids is 1. The Morgan fingerprint density at radius 2 is 1.83 bits per heavy atom. The topological polar surface area (TPSA) is 78.4 Å². The molecule has 2 aromatic rings. The minimum absolute atomic E-state index is 0.0318. The van der Waals surface area contributed by atoms with Crippen molar-refractivity contribution < 1.29 is 14.7 Å². The number of benzene rings is 2. The Balaban J connectivity index is 2.07. The third-order valence-electron chi connectivity index (χ3n) is 3.31. The van der Waals surface area contributed by atoms with Gasteiger partial charge in [0.1, 0.15) is 0 Å². The first-order valence-electron chi connectivity index (χ1n) is 7.15. The van der Waals surface area contributed by atoms with E-state index in [0.717, 1.165) is 12.0 Å². The number of anilines is 1. The molecule has 124 valence electrons. The van der Waals surface area contributed by atoms with Crippen LogP contribution < -0.4 is 10.6 Å². The number of rotatable bonds is 4. The number of aromatic carboxylic acids is 1. The first-order chi connectivity index (χ1) is 11.4. The Morgan fingerprint density at radius 1 is 1.17 bits per heavy atom. The van der Waals surface area contributed by atoms with Gasteiger partial charge in [-0.15, -0.1) is 0 Å². The van der Waals surface area contributed by atoms with Crippen molar-refractivity contribution in [3.8, 4) is 0 Å². The first kappa shape index (κ1) is 18.1. The number of hydrogen-bond acceptors (Lipinski definition) is 3. The molecule has 0 aliphatic rings. The lowest BCUT2D eigenvalue weighted by atomic mass is 10.1. The van der Waals surface area contributed by atoms with Crippen LogP contribution in [0.3, 0.4) is 0 Å². The normalized spacial score (nSPS) is 10.1. The van der Waals surface area contributed by atoms with E-state index in [1.54, 1.807) is 24.3 Å². The Hall–Kier alpha value is -2.25. The Bertz CT molecular complexity index is 791. The Morgan fingerprint density at radius 3 is 2.42 bits per heavy atom. The highest BCUT2D eigenvalue weighted by Gasteiger charge is 2.13. The molecule has 1 amide bonds. The van der Waals surface area contributed by atoms with Crippen LogP contribution in [0.4, 0.5) is 5.69 Å². The molecule has 0 fully saturated rings. The van der Waals surface area contributed by atoms with Crippen molar-refractivity contribution in [1.29, 1.82) is 0 Å². The second-order valence-corrected chi connectivity index (χ2v) is 6.28. The minimum atomic E-state index is -1.09. The summed E-state index contributed by atoms with van der Waals surface area (Å²) in [4.78, 5) is 23.4. The van der Waals surface area contributed by atoms with Crippen LogP contribution in [0.15, 0.2) is 46.9 Å². The summed E-state index contributed by atoms with van der Waals surface area (Å²) in [7, 11) is 0. The fraction of sp³-hybridized carbons (Fsp3) is 0.118. The zero-order valence-corrected chi connectivity index (χ0v) is 15.2. The molecule has 0 saturated heterocycles. The van der Waals surface area contributed by atoms with Crippen molar-refractivity contribution in [2.75, 3.05) is 5.32 Å². The number of aryl methyl sites for hydroxylation is 1. The van der Waals surface area contributed by atoms with Crippen LogP contribution >= 0.6 is 28.1 Å². The van der Waals surface area contributed by atoms with Crippen LogP contribution in [0.5, 0.6) is 0 Å². The van der Waals surface area contributed by atoms with Gasteiger partial charge < -0.3 is 10.4 Å². The lowest BCUT2D eigenvalue weighted by Gasteiger charge is -2.12. The Kier molecular flexibility index (Phi) is 6.05. The van der Waals surface area contributed by atoms with Gasteiger partial charge in [-0.05, 0) is 54.5 Å². The van der Waals surface area contributed by atoms with Crippen LogP contribution in [0.2, 0.25) is 0 Å². The Labute approximate surface area is 153 Å². The van der Waals surface area contributed by atoms with Crippen LogP contribution in [-0.2, 0) is 6.42 Å². The number of carbonyl (C=O) groups is 2. The van der Waals surface area contributed by atoms with Gasteiger partial charge in [-0.25, -0.2) is 4.79 Å². The molecule has 0 radical (unpaired) electrons. The molecule has 0 aliphatic heterocycles. The summed E-state index contributed by atoms with van der Waals surface area (Å²) in [5.74, 6) is -1.45. The number of amides is 1. The zero-order chi connectivity index (χ0) is 17.7. The third kappa shape index (κ3) is 4.62. The lowest BCUT2D eigenvalue weighted by Crippen LogP contribution is -2.34. The zero-order valence-electron chi connectivity index (χ0n) is 12.8. The summed E-state index contributed by atoms with van der Waals surface area (Å²) in [5, 5.41) is 14.5. The summed E-state index contributed by atoms with van der Waals surface area (Å²) >= 11 is 8.31. The van der Waals surface area contributed by atoms with E-state index in [2.05, 4.69) is 26.6 Å². The van der Waals surface area contributed by atoms with Gasteiger partial charge in [0.2, 0.25) is 0 Å². The van der Waals surface area contributed by atoms with E-state index >= 15 is 0 Å². The van der Waals surface area contributed by atoms with Gasteiger partial charge >= 0.3 is 5.97 Å². The third-order valence-corrected chi connectivity index (χ3v) is 4.01. The van der Waals surface area contributed by atoms with E-state index in [-0.39, 0.29) is 16.6 Å². The van der Waals surface area contributed by atoms with Crippen LogP contribution in [0.25, 0.3) is 0 Å². The summed E-state index contributed by atoms with van der Waals surface area (Å²) < 4.78 is 0.636. The first-order valence-corrected chi connectivity index (χ1v) is 8.35. The molecule has 0 unspecified atom stereocenters. The smallest absolute Gasteiger partial charge is 0.337 e. The quantitative estimate of drug-likeness (QED) is 0.672. The van der Waals surface area contributed by atoms with Crippen molar-refractivity contribution in [2.45, 2.75) is 13.3 Å².